The van der Waals surface area contributed by atoms with Gasteiger partial charge in [-0.1, -0.05) is 18.2 Å². The molecule has 1 aliphatic heterocycles. The lowest BCUT2D eigenvalue weighted by molar-refractivity contribution is 0.0420. The van der Waals surface area contributed by atoms with Crippen LogP contribution < -0.4 is 15.5 Å². The molecule has 1 heterocycles. The molecule has 2 rings (SSSR count). The van der Waals surface area contributed by atoms with Crippen LogP contribution in [0.25, 0.3) is 0 Å². The van der Waals surface area contributed by atoms with E-state index in [9.17, 15) is 0 Å². The summed E-state index contributed by atoms with van der Waals surface area (Å²) in [6.07, 6.45) is 2.26. The number of nitrogens with zero attached hydrogens (tertiary/aromatic N) is 2. The number of rotatable bonds is 10. The van der Waals surface area contributed by atoms with Crippen LogP contribution >= 0.6 is 0 Å². The second-order valence-electron chi connectivity index (χ2n) is 6.65. The highest BCUT2D eigenvalue weighted by Gasteiger charge is 2.15. The Morgan fingerprint density at radius 1 is 1.35 bits per heavy atom. The zero-order valence-corrected chi connectivity index (χ0v) is 16.4. The minimum absolute atomic E-state index is 0.284. The number of guanidine groups is 1. The highest BCUT2D eigenvalue weighted by atomic mass is 16.5. The molecule has 2 N–H and O–H groups in total. The number of benzene rings is 1. The Labute approximate surface area is 158 Å². The fraction of sp³-hybridized carbons (Fsp3) is 0.650. The first-order chi connectivity index (χ1) is 12.7. The van der Waals surface area contributed by atoms with Gasteiger partial charge in [-0.15, -0.1) is 0 Å². The summed E-state index contributed by atoms with van der Waals surface area (Å²) in [5.74, 6) is 0.866. The molecule has 1 fully saturated rings. The summed E-state index contributed by atoms with van der Waals surface area (Å²) in [6, 6.07) is 10.7. The summed E-state index contributed by atoms with van der Waals surface area (Å²) in [4.78, 5) is 6.98. The summed E-state index contributed by atoms with van der Waals surface area (Å²) in [5.41, 5.74) is 1.21. The van der Waals surface area contributed by atoms with Crippen LogP contribution in [0.1, 0.15) is 26.7 Å². The van der Waals surface area contributed by atoms with Gasteiger partial charge in [0.2, 0.25) is 0 Å². The van der Waals surface area contributed by atoms with Gasteiger partial charge < -0.3 is 25.0 Å². The van der Waals surface area contributed by atoms with Crippen LogP contribution in [0.15, 0.2) is 35.3 Å². The molecule has 0 spiro atoms. The van der Waals surface area contributed by atoms with Crippen molar-refractivity contribution < 1.29 is 9.47 Å². The van der Waals surface area contributed by atoms with Gasteiger partial charge in [-0.3, -0.25) is 4.99 Å². The van der Waals surface area contributed by atoms with Crippen LogP contribution in [0.5, 0.6) is 0 Å². The van der Waals surface area contributed by atoms with Gasteiger partial charge in [0, 0.05) is 45.1 Å². The fourth-order valence-corrected chi connectivity index (χ4v) is 2.78. The van der Waals surface area contributed by atoms with Crippen LogP contribution in [0.4, 0.5) is 5.69 Å². The van der Waals surface area contributed by atoms with Crippen LogP contribution in [0.2, 0.25) is 0 Å². The lowest BCUT2D eigenvalue weighted by Crippen LogP contribution is -2.40. The number of hydrogen-bond acceptors (Lipinski definition) is 4. The van der Waals surface area contributed by atoms with Crippen molar-refractivity contribution in [1.29, 1.82) is 0 Å². The number of para-hydroxylation sites is 1. The number of likely N-dealkylation sites (N-methyl/N-ethyl adjacent to an activating group) is 1. The van der Waals surface area contributed by atoms with Gasteiger partial charge in [0.15, 0.2) is 5.96 Å². The summed E-state index contributed by atoms with van der Waals surface area (Å²) in [7, 11) is 2.11. The molecule has 0 saturated carbocycles. The van der Waals surface area contributed by atoms with Gasteiger partial charge in [-0.05, 0) is 38.8 Å². The predicted octanol–water partition coefficient (Wildman–Crippen LogP) is 2.26. The summed E-state index contributed by atoms with van der Waals surface area (Å²) >= 11 is 0. The number of hydrogen-bond donors (Lipinski definition) is 2. The van der Waals surface area contributed by atoms with E-state index in [-0.39, 0.29) is 6.10 Å². The highest BCUT2D eigenvalue weighted by Crippen LogP contribution is 2.14. The number of aliphatic imine (C=N–C) groups is 1. The maximum absolute atomic E-state index is 5.79. The Balaban J connectivity index is 1.70. The Bertz CT molecular complexity index is 518. The van der Waals surface area contributed by atoms with Crippen LogP contribution in [-0.4, -0.2) is 64.6 Å². The van der Waals surface area contributed by atoms with Crippen molar-refractivity contribution >= 4 is 11.6 Å². The summed E-state index contributed by atoms with van der Waals surface area (Å²) < 4.78 is 11.1. The SMILES string of the molecule is CCNC(=NCC(C)N(C)c1ccccc1)NCCCOC1CCOC1. The molecule has 0 aromatic heterocycles. The smallest absolute Gasteiger partial charge is 0.191 e. The van der Waals surface area contributed by atoms with Crippen LogP contribution in [0, 0.1) is 0 Å². The van der Waals surface area contributed by atoms with Crippen LogP contribution in [0.3, 0.4) is 0 Å². The first-order valence-electron chi connectivity index (χ1n) is 9.70. The molecule has 2 unspecified atom stereocenters. The van der Waals surface area contributed by atoms with Crippen molar-refractivity contribution in [2.75, 3.05) is 51.4 Å². The predicted molar refractivity (Wildman–Crippen MR) is 108 cm³/mol. The monoisotopic (exact) mass is 362 g/mol. The molecule has 0 radical (unpaired) electrons. The van der Waals surface area contributed by atoms with Gasteiger partial charge in [0.1, 0.15) is 0 Å². The van der Waals surface area contributed by atoms with E-state index in [4.69, 9.17) is 14.5 Å². The van der Waals surface area contributed by atoms with E-state index < -0.39 is 0 Å². The summed E-state index contributed by atoms with van der Waals surface area (Å²) in [6.45, 7) is 9.04. The Morgan fingerprint density at radius 3 is 2.85 bits per heavy atom. The van der Waals surface area contributed by atoms with E-state index in [2.05, 4.69) is 60.7 Å². The van der Waals surface area contributed by atoms with Crippen molar-refractivity contribution in [3.05, 3.63) is 30.3 Å². The third-order valence-corrected chi connectivity index (χ3v) is 4.54. The van der Waals surface area contributed by atoms with E-state index in [1.807, 2.05) is 6.07 Å². The maximum Gasteiger partial charge on any atom is 0.191 e. The Kier molecular flexibility index (Phi) is 9.28. The maximum atomic E-state index is 5.79. The van der Waals surface area contributed by atoms with Crippen molar-refractivity contribution in [3.63, 3.8) is 0 Å². The molecule has 1 aromatic rings. The number of anilines is 1. The lowest BCUT2D eigenvalue weighted by atomic mass is 10.2. The lowest BCUT2D eigenvalue weighted by Gasteiger charge is -2.26. The Hall–Kier alpha value is -1.79. The molecule has 6 nitrogen and oxygen atoms in total. The summed E-state index contributed by atoms with van der Waals surface area (Å²) in [5, 5.41) is 6.70. The molecule has 1 aliphatic rings. The zero-order chi connectivity index (χ0) is 18.6. The molecule has 6 heteroatoms. The van der Waals surface area contributed by atoms with E-state index >= 15 is 0 Å². The first-order valence-corrected chi connectivity index (χ1v) is 9.70. The standard InChI is InChI=1S/C20H34N4O2/c1-4-21-20(22-12-8-13-26-19-11-14-25-16-19)23-15-17(2)24(3)18-9-6-5-7-10-18/h5-7,9-10,17,19H,4,8,11-16H2,1-3H3,(H2,21,22,23). The third kappa shape index (κ3) is 7.22. The van der Waals surface area contributed by atoms with E-state index in [1.54, 1.807) is 0 Å². The van der Waals surface area contributed by atoms with Crippen molar-refractivity contribution in [2.24, 2.45) is 4.99 Å². The molecule has 146 valence electrons. The quantitative estimate of drug-likeness (QED) is 0.380. The Morgan fingerprint density at radius 2 is 2.15 bits per heavy atom. The fourth-order valence-electron chi connectivity index (χ4n) is 2.78. The number of nitrogens with one attached hydrogen (secondary N) is 2. The molecule has 0 bridgehead atoms. The zero-order valence-electron chi connectivity index (χ0n) is 16.4. The molecule has 0 amide bonds. The van der Waals surface area contributed by atoms with Gasteiger partial charge in [-0.25, -0.2) is 0 Å². The molecule has 2 atom stereocenters. The van der Waals surface area contributed by atoms with Crippen LogP contribution in [-0.2, 0) is 9.47 Å². The second-order valence-corrected chi connectivity index (χ2v) is 6.65. The molecular formula is C20H34N4O2. The van der Waals surface area contributed by atoms with Gasteiger partial charge in [0.05, 0.1) is 19.3 Å². The van der Waals surface area contributed by atoms with Crippen molar-refractivity contribution in [2.45, 2.75) is 38.8 Å². The second kappa shape index (κ2) is 11.8. The largest absolute Gasteiger partial charge is 0.379 e. The minimum Gasteiger partial charge on any atom is -0.379 e. The molecule has 1 saturated heterocycles. The van der Waals surface area contributed by atoms with E-state index in [1.165, 1.54) is 5.69 Å². The highest BCUT2D eigenvalue weighted by molar-refractivity contribution is 5.79. The van der Waals surface area contributed by atoms with Gasteiger partial charge in [-0.2, -0.15) is 0 Å². The molecular weight excluding hydrogens is 328 g/mol. The normalized spacial score (nSPS) is 18.6. The molecule has 0 aliphatic carbocycles. The molecule has 1 aromatic carbocycles. The average Bonchev–Trinajstić information content (AvgIpc) is 3.19. The first kappa shape index (κ1) is 20.5. The average molecular weight is 363 g/mol. The van der Waals surface area contributed by atoms with Crippen molar-refractivity contribution in [1.82, 2.24) is 10.6 Å². The molecule has 26 heavy (non-hydrogen) atoms. The third-order valence-electron chi connectivity index (χ3n) is 4.54. The van der Waals surface area contributed by atoms with Gasteiger partial charge in [0.25, 0.3) is 0 Å². The number of ether oxygens (including phenoxy) is 2. The van der Waals surface area contributed by atoms with Crippen molar-refractivity contribution in [3.8, 4) is 0 Å². The van der Waals surface area contributed by atoms with E-state index in [0.717, 1.165) is 58.3 Å². The van der Waals surface area contributed by atoms with E-state index in [0.29, 0.717) is 6.04 Å². The topological polar surface area (TPSA) is 58.1 Å². The van der Waals surface area contributed by atoms with Gasteiger partial charge >= 0.3 is 0 Å². The minimum atomic E-state index is 0.284.